The maximum absolute atomic E-state index is 13.1. The standard InChI is InChI=1S/C17H19FN2O2S/c1-12-9-19-17(23-12)13-4-3-7-20(10-13)16(21)11-22-15-6-2-5-14(18)8-15/h2,5-6,8-9,13H,3-4,7,10-11H2,1H3. The molecule has 0 bridgehead atoms. The third kappa shape index (κ3) is 4.07. The highest BCUT2D eigenvalue weighted by molar-refractivity contribution is 7.11. The zero-order chi connectivity index (χ0) is 16.2. The van der Waals surface area contributed by atoms with E-state index in [9.17, 15) is 9.18 Å². The molecule has 122 valence electrons. The highest BCUT2D eigenvalue weighted by atomic mass is 32.1. The molecule has 1 atom stereocenters. The number of hydrogen-bond acceptors (Lipinski definition) is 4. The summed E-state index contributed by atoms with van der Waals surface area (Å²) >= 11 is 1.70. The second-order valence-corrected chi connectivity index (χ2v) is 7.00. The molecular weight excluding hydrogens is 315 g/mol. The summed E-state index contributed by atoms with van der Waals surface area (Å²) < 4.78 is 18.5. The Morgan fingerprint density at radius 2 is 2.39 bits per heavy atom. The first kappa shape index (κ1) is 15.9. The normalized spacial score (nSPS) is 18.0. The van der Waals surface area contributed by atoms with E-state index in [0.29, 0.717) is 18.2 Å². The van der Waals surface area contributed by atoms with Crippen molar-refractivity contribution < 1.29 is 13.9 Å². The molecule has 1 aliphatic heterocycles. The Balaban J connectivity index is 1.56. The Labute approximate surface area is 138 Å². The van der Waals surface area contributed by atoms with Gasteiger partial charge in [0.2, 0.25) is 0 Å². The van der Waals surface area contributed by atoms with E-state index in [2.05, 4.69) is 4.98 Å². The second-order valence-electron chi connectivity index (χ2n) is 5.73. The van der Waals surface area contributed by atoms with Gasteiger partial charge in [0.1, 0.15) is 11.6 Å². The van der Waals surface area contributed by atoms with Crippen molar-refractivity contribution >= 4 is 17.2 Å². The van der Waals surface area contributed by atoms with Crippen molar-refractivity contribution in [2.45, 2.75) is 25.7 Å². The second kappa shape index (κ2) is 7.08. The van der Waals surface area contributed by atoms with Crippen molar-refractivity contribution in [2.75, 3.05) is 19.7 Å². The number of carbonyl (C=O) groups excluding carboxylic acids is 1. The minimum atomic E-state index is -0.368. The zero-order valence-electron chi connectivity index (χ0n) is 13.0. The molecule has 2 aromatic rings. The summed E-state index contributed by atoms with van der Waals surface area (Å²) in [5.74, 6) is 0.252. The zero-order valence-corrected chi connectivity index (χ0v) is 13.8. The van der Waals surface area contributed by atoms with Crippen molar-refractivity contribution in [3.63, 3.8) is 0 Å². The number of hydrogen-bond donors (Lipinski definition) is 0. The number of aryl methyl sites for hydroxylation is 1. The van der Waals surface area contributed by atoms with Crippen LogP contribution in [-0.4, -0.2) is 35.5 Å². The van der Waals surface area contributed by atoms with E-state index in [1.807, 2.05) is 18.0 Å². The molecule has 1 unspecified atom stereocenters. The molecule has 1 aromatic carbocycles. The van der Waals surface area contributed by atoms with Crippen molar-refractivity contribution in [1.82, 2.24) is 9.88 Å². The lowest BCUT2D eigenvalue weighted by atomic mass is 9.99. The van der Waals surface area contributed by atoms with Gasteiger partial charge >= 0.3 is 0 Å². The van der Waals surface area contributed by atoms with Gasteiger partial charge in [-0.2, -0.15) is 0 Å². The monoisotopic (exact) mass is 334 g/mol. The first-order chi connectivity index (χ1) is 11.1. The van der Waals surface area contributed by atoms with Gasteiger partial charge in [-0.15, -0.1) is 11.3 Å². The molecule has 0 spiro atoms. The minimum Gasteiger partial charge on any atom is -0.484 e. The molecule has 23 heavy (non-hydrogen) atoms. The van der Waals surface area contributed by atoms with Gasteiger partial charge < -0.3 is 9.64 Å². The molecule has 1 saturated heterocycles. The molecule has 2 heterocycles. The Morgan fingerprint density at radius 3 is 3.13 bits per heavy atom. The fraction of sp³-hybridized carbons (Fsp3) is 0.412. The number of benzene rings is 1. The van der Waals surface area contributed by atoms with Crippen LogP contribution >= 0.6 is 11.3 Å². The van der Waals surface area contributed by atoms with Crippen molar-refractivity contribution in [2.24, 2.45) is 0 Å². The van der Waals surface area contributed by atoms with Crippen LogP contribution < -0.4 is 4.74 Å². The van der Waals surface area contributed by atoms with Gasteiger partial charge in [0.25, 0.3) is 5.91 Å². The predicted molar refractivity (Wildman–Crippen MR) is 87.3 cm³/mol. The highest BCUT2D eigenvalue weighted by Crippen LogP contribution is 2.29. The molecule has 3 rings (SSSR count). The lowest BCUT2D eigenvalue weighted by molar-refractivity contribution is -0.134. The molecule has 1 aliphatic rings. The molecule has 4 nitrogen and oxygen atoms in total. The SMILES string of the molecule is Cc1cnc(C2CCCN(C(=O)COc3cccc(F)c3)C2)s1. The lowest BCUT2D eigenvalue weighted by Crippen LogP contribution is -2.41. The van der Waals surface area contributed by atoms with Gasteiger partial charge in [-0.3, -0.25) is 4.79 Å². The van der Waals surface area contributed by atoms with Crippen LogP contribution in [0.25, 0.3) is 0 Å². The summed E-state index contributed by atoms with van der Waals surface area (Å²) in [4.78, 5) is 19.8. The van der Waals surface area contributed by atoms with E-state index in [0.717, 1.165) is 24.4 Å². The number of amides is 1. The largest absolute Gasteiger partial charge is 0.484 e. The Kier molecular flexibility index (Phi) is 4.91. The first-order valence-corrected chi connectivity index (χ1v) is 8.52. The molecule has 0 aliphatic carbocycles. The number of thiazole rings is 1. The summed E-state index contributed by atoms with van der Waals surface area (Å²) in [5.41, 5.74) is 0. The molecule has 6 heteroatoms. The fourth-order valence-corrected chi connectivity index (χ4v) is 3.66. The third-order valence-corrected chi connectivity index (χ3v) is 5.00. The van der Waals surface area contributed by atoms with Crippen molar-refractivity contribution in [3.8, 4) is 5.75 Å². The summed E-state index contributed by atoms with van der Waals surface area (Å²) in [7, 11) is 0. The Hall–Kier alpha value is -1.95. The topological polar surface area (TPSA) is 42.4 Å². The molecule has 0 saturated carbocycles. The van der Waals surface area contributed by atoms with E-state index in [1.54, 1.807) is 23.5 Å². The maximum Gasteiger partial charge on any atom is 0.260 e. The smallest absolute Gasteiger partial charge is 0.260 e. The van der Waals surface area contributed by atoms with Crippen LogP contribution in [0.2, 0.25) is 0 Å². The van der Waals surface area contributed by atoms with Crippen LogP contribution in [0.1, 0.15) is 28.6 Å². The molecule has 1 fully saturated rings. The molecule has 1 aromatic heterocycles. The third-order valence-electron chi connectivity index (χ3n) is 3.92. The maximum atomic E-state index is 13.1. The number of piperidine rings is 1. The lowest BCUT2D eigenvalue weighted by Gasteiger charge is -2.31. The highest BCUT2D eigenvalue weighted by Gasteiger charge is 2.26. The van der Waals surface area contributed by atoms with E-state index in [4.69, 9.17) is 4.74 Å². The van der Waals surface area contributed by atoms with E-state index >= 15 is 0 Å². The first-order valence-electron chi connectivity index (χ1n) is 7.70. The van der Waals surface area contributed by atoms with Gasteiger partial charge in [0, 0.05) is 36.1 Å². The summed E-state index contributed by atoms with van der Waals surface area (Å²) in [5, 5.41) is 1.10. The molecule has 0 radical (unpaired) electrons. The van der Waals surface area contributed by atoms with Crippen LogP contribution in [0.4, 0.5) is 4.39 Å². The summed E-state index contributed by atoms with van der Waals surface area (Å²) in [6.45, 7) is 3.40. The van der Waals surface area contributed by atoms with Gasteiger partial charge in [-0.1, -0.05) is 6.07 Å². The minimum absolute atomic E-state index is 0.0624. The Morgan fingerprint density at radius 1 is 1.52 bits per heavy atom. The number of aromatic nitrogens is 1. The van der Waals surface area contributed by atoms with E-state index in [-0.39, 0.29) is 18.3 Å². The van der Waals surface area contributed by atoms with Crippen molar-refractivity contribution in [1.29, 1.82) is 0 Å². The van der Waals surface area contributed by atoms with E-state index in [1.165, 1.54) is 17.0 Å². The molecular formula is C17H19FN2O2S. The van der Waals surface area contributed by atoms with Gasteiger partial charge in [0.15, 0.2) is 6.61 Å². The predicted octanol–water partition coefficient (Wildman–Crippen LogP) is 3.38. The number of rotatable bonds is 4. The van der Waals surface area contributed by atoms with Crippen LogP contribution in [0.5, 0.6) is 5.75 Å². The van der Waals surface area contributed by atoms with Crippen molar-refractivity contribution in [3.05, 3.63) is 46.2 Å². The Bertz CT molecular complexity index is 689. The van der Waals surface area contributed by atoms with Crippen LogP contribution in [-0.2, 0) is 4.79 Å². The number of ether oxygens (including phenoxy) is 1. The van der Waals surface area contributed by atoms with Gasteiger partial charge in [-0.25, -0.2) is 9.37 Å². The molecule has 0 N–H and O–H groups in total. The number of carbonyl (C=O) groups is 1. The van der Waals surface area contributed by atoms with Crippen LogP contribution in [0.15, 0.2) is 30.5 Å². The van der Waals surface area contributed by atoms with Gasteiger partial charge in [-0.05, 0) is 31.9 Å². The van der Waals surface area contributed by atoms with E-state index < -0.39 is 0 Å². The fourth-order valence-electron chi connectivity index (χ4n) is 2.76. The number of halogens is 1. The molecule has 1 amide bonds. The summed E-state index contributed by atoms with van der Waals surface area (Å²) in [6.07, 6.45) is 3.91. The summed E-state index contributed by atoms with van der Waals surface area (Å²) in [6, 6.07) is 5.84. The van der Waals surface area contributed by atoms with Crippen LogP contribution in [0.3, 0.4) is 0 Å². The number of nitrogens with zero attached hydrogens (tertiary/aromatic N) is 2. The number of likely N-dealkylation sites (tertiary alicyclic amines) is 1. The average Bonchev–Trinajstić information content (AvgIpc) is 2.99. The quantitative estimate of drug-likeness (QED) is 0.861. The van der Waals surface area contributed by atoms with Crippen LogP contribution in [0, 0.1) is 12.7 Å². The van der Waals surface area contributed by atoms with Gasteiger partial charge in [0.05, 0.1) is 5.01 Å². The average molecular weight is 334 g/mol.